The van der Waals surface area contributed by atoms with Crippen LogP contribution in [0, 0.1) is 0 Å². The predicted molar refractivity (Wildman–Crippen MR) is 78.4 cm³/mol. The van der Waals surface area contributed by atoms with Crippen LogP contribution >= 0.6 is 12.4 Å². The van der Waals surface area contributed by atoms with Gasteiger partial charge in [-0.2, -0.15) is 0 Å². The average molecular weight is 265 g/mol. The zero-order valence-electron chi connectivity index (χ0n) is 10.2. The standard InChI is InChI=1S/C14H16N2O.ClH/c1-17-14-8-2-11(3-9-14)10-16-13-6-4-12(15)5-7-13;/h2-9,16H,10,15H2,1H3;1H. The van der Waals surface area contributed by atoms with Crippen molar-refractivity contribution in [3.05, 3.63) is 54.1 Å². The van der Waals surface area contributed by atoms with Crippen molar-refractivity contribution in [2.75, 3.05) is 18.2 Å². The molecule has 2 aromatic rings. The van der Waals surface area contributed by atoms with Crippen molar-refractivity contribution in [1.29, 1.82) is 0 Å². The fourth-order valence-corrected chi connectivity index (χ4v) is 1.55. The van der Waals surface area contributed by atoms with E-state index in [0.29, 0.717) is 0 Å². The highest BCUT2D eigenvalue weighted by Crippen LogP contribution is 2.14. The van der Waals surface area contributed by atoms with E-state index in [-0.39, 0.29) is 12.4 Å². The van der Waals surface area contributed by atoms with Gasteiger partial charge in [0, 0.05) is 17.9 Å². The lowest BCUT2D eigenvalue weighted by Gasteiger charge is -2.07. The second kappa shape index (κ2) is 6.77. The molecule has 96 valence electrons. The molecule has 0 aromatic heterocycles. The van der Waals surface area contributed by atoms with Gasteiger partial charge in [0.2, 0.25) is 0 Å². The first-order chi connectivity index (χ1) is 8.28. The third kappa shape index (κ3) is 3.86. The monoisotopic (exact) mass is 264 g/mol. The van der Waals surface area contributed by atoms with Crippen molar-refractivity contribution >= 4 is 23.8 Å². The van der Waals surface area contributed by atoms with Gasteiger partial charge in [-0.3, -0.25) is 0 Å². The Hall–Kier alpha value is -1.87. The number of halogens is 1. The van der Waals surface area contributed by atoms with E-state index in [0.717, 1.165) is 23.7 Å². The molecule has 0 aliphatic rings. The number of nitrogen functional groups attached to an aromatic ring is 1. The first-order valence-corrected chi connectivity index (χ1v) is 5.50. The molecule has 0 unspecified atom stereocenters. The van der Waals surface area contributed by atoms with E-state index in [1.807, 2.05) is 48.5 Å². The Bertz CT molecular complexity index is 468. The van der Waals surface area contributed by atoms with Crippen LogP contribution in [0.1, 0.15) is 5.56 Å². The SMILES string of the molecule is COc1ccc(CNc2ccc(N)cc2)cc1.Cl. The lowest BCUT2D eigenvalue weighted by molar-refractivity contribution is 0.414. The Morgan fingerprint density at radius 2 is 1.61 bits per heavy atom. The number of benzene rings is 2. The molecule has 0 amide bonds. The summed E-state index contributed by atoms with van der Waals surface area (Å²) in [4.78, 5) is 0. The van der Waals surface area contributed by atoms with Gasteiger partial charge >= 0.3 is 0 Å². The molecule has 3 N–H and O–H groups in total. The smallest absolute Gasteiger partial charge is 0.118 e. The summed E-state index contributed by atoms with van der Waals surface area (Å²) in [6.07, 6.45) is 0. The topological polar surface area (TPSA) is 47.3 Å². The van der Waals surface area contributed by atoms with Gasteiger partial charge < -0.3 is 15.8 Å². The summed E-state index contributed by atoms with van der Waals surface area (Å²) in [6.45, 7) is 0.786. The van der Waals surface area contributed by atoms with Crippen molar-refractivity contribution in [2.24, 2.45) is 0 Å². The molecular formula is C14H17ClN2O. The maximum atomic E-state index is 5.62. The van der Waals surface area contributed by atoms with Gasteiger partial charge in [0.15, 0.2) is 0 Å². The molecule has 0 fully saturated rings. The fourth-order valence-electron chi connectivity index (χ4n) is 1.55. The van der Waals surface area contributed by atoms with Crippen LogP contribution in [0.3, 0.4) is 0 Å². The molecule has 2 rings (SSSR count). The zero-order valence-corrected chi connectivity index (χ0v) is 11.0. The van der Waals surface area contributed by atoms with Crippen LogP contribution in [0.2, 0.25) is 0 Å². The van der Waals surface area contributed by atoms with E-state index in [2.05, 4.69) is 5.32 Å². The van der Waals surface area contributed by atoms with Crippen LogP contribution in [0.4, 0.5) is 11.4 Å². The van der Waals surface area contributed by atoms with Crippen molar-refractivity contribution < 1.29 is 4.74 Å². The van der Waals surface area contributed by atoms with Crippen LogP contribution in [0.25, 0.3) is 0 Å². The van der Waals surface area contributed by atoms with Gasteiger partial charge in [-0.15, -0.1) is 12.4 Å². The van der Waals surface area contributed by atoms with E-state index in [1.54, 1.807) is 7.11 Å². The van der Waals surface area contributed by atoms with E-state index in [1.165, 1.54) is 5.56 Å². The molecule has 0 radical (unpaired) electrons. The zero-order chi connectivity index (χ0) is 12.1. The molecule has 0 aliphatic carbocycles. The first-order valence-electron chi connectivity index (χ1n) is 5.50. The minimum atomic E-state index is 0. The predicted octanol–water partition coefficient (Wildman–Crippen LogP) is 3.31. The molecular weight excluding hydrogens is 248 g/mol. The number of hydrogen-bond donors (Lipinski definition) is 2. The van der Waals surface area contributed by atoms with Gasteiger partial charge in [0.25, 0.3) is 0 Å². The van der Waals surface area contributed by atoms with Crippen LogP contribution in [-0.4, -0.2) is 7.11 Å². The quantitative estimate of drug-likeness (QED) is 0.833. The Morgan fingerprint density at radius 3 is 2.17 bits per heavy atom. The normalized spacial score (nSPS) is 9.39. The van der Waals surface area contributed by atoms with Crippen molar-refractivity contribution in [2.45, 2.75) is 6.54 Å². The fraction of sp³-hybridized carbons (Fsp3) is 0.143. The van der Waals surface area contributed by atoms with Gasteiger partial charge in [-0.05, 0) is 42.0 Å². The third-order valence-corrected chi connectivity index (χ3v) is 2.57. The van der Waals surface area contributed by atoms with Crippen molar-refractivity contribution in [1.82, 2.24) is 0 Å². The van der Waals surface area contributed by atoms with Gasteiger partial charge in [0.1, 0.15) is 5.75 Å². The molecule has 2 aromatic carbocycles. The number of rotatable bonds is 4. The highest BCUT2D eigenvalue weighted by atomic mass is 35.5. The minimum Gasteiger partial charge on any atom is -0.497 e. The molecule has 0 saturated heterocycles. The minimum absolute atomic E-state index is 0. The second-order valence-corrected chi connectivity index (χ2v) is 3.82. The Kier molecular flexibility index (Phi) is 5.33. The van der Waals surface area contributed by atoms with E-state index < -0.39 is 0 Å². The highest BCUT2D eigenvalue weighted by molar-refractivity contribution is 5.85. The molecule has 0 atom stereocenters. The summed E-state index contributed by atoms with van der Waals surface area (Å²) in [5, 5.41) is 3.33. The molecule has 0 heterocycles. The van der Waals surface area contributed by atoms with E-state index in [4.69, 9.17) is 10.5 Å². The number of anilines is 2. The largest absolute Gasteiger partial charge is 0.497 e. The Morgan fingerprint density at radius 1 is 1.00 bits per heavy atom. The number of hydrogen-bond acceptors (Lipinski definition) is 3. The average Bonchev–Trinajstić information content (AvgIpc) is 2.39. The molecule has 0 saturated carbocycles. The number of ether oxygens (including phenoxy) is 1. The van der Waals surface area contributed by atoms with Gasteiger partial charge in [0.05, 0.1) is 7.11 Å². The van der Waals surface area contributed by atoms with Crippen molar-refractivity contribution in [3.8, 4) is 5.75 Å². The first kappa shape index (κ1) is 14.2. The summed E-state index contributed by atoms with van der Waals surface area (Å²) in [6, 6.07) is 15.7. The molecule has 4 heteroatoms. The lowest BCUT2D eigenvalue weighted by Crippen LogP contribution is -1.99. The summed E-state index contributed by atoms with van der Waals surface area (Å²) < 4.78 is 5.11. The molecule has 18 heavy (non-hydrogen) atoms. The lowest BCUT2D eigenvalue weighted by atomic mass is 10.2. The third-order valence-electron chi connectivity index (χ3n) is 2.57. The van der Waals surface area contributed by atoms with E-state index >= 15 is 0 Å². The van der Waals surface area contributed by atoms with Crippen LogP contribution < -0.4 is 15.8 Å². The Labute approximate surface area is 113 Å². The Balaban J connectivity index is 0.00000162. The number of nitrogens with two attached hydrogens (primary N) is 1. The molecule has 3 nitrogen and oxygen atoms in total. The molecule has 0 aliphatic heterocycles. The molecule has 0 spiro atoms. The van der Waals surface area contributed by atoms with Crippen molar-refractivity contribution in [3.63, 3.8) is 0 Å². The molecule has 0 bridgehead atoms. The summed E-state index contributed by atoms with van der Waals surface area (Å²) in [5.74, 6) is 0.876. The van der Waals surface area contributed by atoms with Crippen LogP contribution in [-0.2, 0) is 6.54 Å². The van der Waals surface area contributed by atoms with Crippen LogP contribution in [0.15, 0.2) is 48.5 Å². The summed E-state index contributed by atoms with van der Waals surface area (Å²) in [7, 11) is 1.67. The van der Waals surface area contributed by atoms with Gasteiger partial charge in [-0.1, -0.05) is 12.1 Å². The number of nitrogens with one attached hydrogen (secondary N) is 1. The van der Waals surface area contributed by atoms with Crippen LogP contribution in [0.5, 0.6) is 5.75 Å². The maximum absolute atomic E-state index is 5.62. The van der Waals surface area contributed by atoms with E-state index in [9.17, 15) is 0 Å². The number of methoxy groups -OCH3 is 1. The summed E-state index contributed by atoms with van der Waals surface area (Å²) in [5.41, 5.74) is 8.68. The highest BCUT2D eigenvalue weighted by Gasteiger charge is 1.95. The summed E-state index contributed by atoms with van der Waals surface area (Å²) >= 11 is 0. The second-order valence-electron chi connectivity index (χ2n) is 3.82. The van der Waals surface area contributed by atoms with Gasteiger partial charge in [-0.25, -0.2) is 0 Å². The maximum Gasteiger partial charge on any atom is 0.118 e.